The Morgan fingerprint density at radius 2 is 2.05 bits per heavy atom. The Balaban J connectivity index is 1.42. The Hall–Kier alpha value is -0.940. The molecule has 20 heavy (non-hydrogen) atoms. The molecular weight excluding hydrogens is 256 g/mol. The lowest BCUT2D eigenvalue weighted by Gasteiger charge is -2.40. The van der Waals surface area contributed by atoms with E-state index in [1.165, 1.54) is 0 Å². The van der Waals surface area contributed by atoms with Gasteiger partial charge in [0.1, 0.15) is 6.10 Å². The van der Waals surface area contributed by atoms with Crippen LogP contribution < -0.4 is 0 Å². The van der Waals surface area contributed by atoms with Gasteiger partial charge in [0.15, 0.2) is 6.29 Å². The third kappa shape index (κ3) is 3.04. The van der Waals surface area contributed by atoms with Gasteiger partial charge in [-0.05, 0) is 12.0 Å². The molecule has 2 saturated heterocycles. The van der Waals surface area contributed by atoms with E-state index in [0.29, 0.717) is 13.2 Å². The Kier molecular flexibility index (Phi) is 4.36. The predicted octanol–water partition coefficient (Wildman–Crippen LogP) is 2.54. The van der Waals surface area contributed by atoms with Crippen LogP contribution in [0.15, 0.2) is 30.3 Å². The van der Waals surface area contributed by atoms with Crippen LogP contribution in [0.1, 0.15) is 25.0 Å². The monoisotopic (exact) mass is 278 g/mol. The normalized spacial score (nSPS) is 28.2. The summed E-state index contributed by atoms with van der Waals surface area (Å²) in [5.41, 5.74) is 1.38. The van der Waals surface area contributed by atoms with Crippen LogP contribution in [0.4, 0.5) is 0 Å². The summed E-state index contributed by atoms with van der Waals surface area (Å²) in [4.78, 5) is 0. The van der Waals surface area contributed by atoms with E-state index < -0.39 is 0 Å². The van der Waals surface area contributed by atoms with Crippen LogP contribution in [-0.4, -0.2) is 39.3 Å². The van der Waals surface area contributed by atoms with Crippen molar-refractivity contribution in [3.05, 3.63) is 35.9 Å². The maximum Gasteiger partial charge on any atom is 0.181 e. The van der Waals surface area contributed by atoms with E-state index in [0.717, 1.165) is 31.8 Å². The molecule has 4 nitrogen and oxygen atoms in total. The standard InChI is InChI=1S/C16H22O4/c1-2-16(11-18-12-16)10-17-9-15-19-8-14(20-15)13-6-4-3-5-7-13/h3-7,14-15H,2,8-12H2,1H3. The van der Waals surface area contributed by atoms with Gasteiger partial charge in [0.25, 0.3) is 0 Å². The summed E-state index contributed by atoms with van der Waals surface area (Å²) in [6, 6.07) is 10.2. The number of benzene rings is 1. The van der Waals surface area contributed by atoms with E-state index in [1.807, 2.05) is 18.2 Å². The van der Waals surface area contributed by atoms with E-state index in [-0.39, 0.29) is 17.8 Å². The summed E-state index contributed by atoms with van der Waals surface area (Å²) in [6.07, 6.45) is 0.860. The van der Waals surface area contributed by atoms with Crippen LogP contribution in [0.25, 0.3) is 0 Å². The molecule has 2 atom stereocenters. The molecule has 2 aliphatic rings. The maximum atomic E-state index is 5.87. The molecule has 0 saturated carbocycles. The van der Waals surface area contributed by atoms with Crippen LogP contribution in [0, 0.1) is 5.41 Å². The molecule has 0 radical (unpaired) electrons. The zero-order valence-electron chi connectivity index (χ0n) is 11.9. The molecule has 0 amide bonds. The second-order valence-electron chi connectivity index (χ2n) is 5.66. The minimum absolute atomic E-state index is 0.0250. The molecule has 2 heterocycles. The summed E-state index contributed by atoms with van der Waals surface area (Å²) < 4.78 is 22.6. The molecule has 0 bridgehead atoms. The molecule has 0 aromatic heterocycles. The first-order valence-electron chi connectivity index (χ1n) is 7.29. The van der Waals surface area contributed by atoms with Crippen molar-refractivity contribution in [3.63, 3.8) is 0 Å². The van der Waals surface area contributed by atoms with Crippen molar-refractivity contribution in [2.75, 3.05) is 33.0 Å². The van der Waals surface area contributed by atoms with Gasteiger partial charge in [-0.25, -0.2) is 0 Å². The SMILES string of the molecule is CCC1(COCC2OCC(c3ccccc3)O2)COC1. The Labute approximate surface area is 120 Å². The van der Waals surface area contributed by atoms with E-state index in [1.54, 1.807) is 0 Å². The molecule has 2 unspecified atom stereocenters. The lowest BCUT2D eigenvalue weighted by atomic mass is 9.84. The minimum atomic E-state index is -0.255. The molecular formula is C16H22O4. The first-order valence-corrected chi connectivity index (χ1v) is 7.29. The highest BCUT2D eigenvalue weighted by molar-refractivity contribution is 5.18. The Bertz CT molecular complexity index is 410. The van der Waals surface area contributed by atoms with Crippen LogP contribution in [0.2, 0.25) is 0 Å². The molecule has 1 aromatic carbocycles. The van der Waals surface area contributed by atoms with Gasteiger partial charge in [0.2, 0.25) is 0 Å². The van der Waals surface area contributed by atoms with E-state index in [2.05, 4.69) is 19.1 Å². The average Bonchev–Trinajstić information content (AvgIpc) is 2.92. The molecule has 0 aliphatic carbocycles. The summed E-state index contributed by atoms with van der Waals surface area (Å²) in [6.45, 7) is 5.61. The molecule has 110 valence electrons. The Morgan fingerprint density at radius 3 is 2.70 bits per heavy atom. The maximum absolute atomic E-state index is 5.87. The van der Waals surface area contributed by atoms with E-state index in [9.17, 15) is 0 Å². The lowest BCUT2D eigenvalue weighted by molar-refractivity contribution is -0.172. The van der Waals surface area contributed by atoms with Crippen molar-refractivity contribution in [3.8, 4) is 0 Å². The van der Waals surface area contributed by atoms with Gasteiger partial charge in [-0.15, -0.1) is 0 Å². The lowest BCUT2D eigenvalue weighted by Crippen LogP contribution is -2.46. The number of rotatable bonds is 6. The summed E-state index contributed by atoms with van der Waals surface area (Å²) >= 11 is 0. The second-order valence-corrected chi connectivity index (χ2v) is 5.66. The fraction of sp³-hybridized carbons (Fsp3) is 0.625. The predicted molar refractivity (Wildman–Crippen MR) is 74.4 cm³/mol. The number of hydrogen-bond donors (Lipinski definition) is 0. The van der Waals surface area contributed by atoms with Crippen LogP contribution in [0.5, 0.6) is 0 Å². The van der Waals surface area contributed by atoms with Gasteiger partial charge in [-0.3, -0.25) is 0 Å². The zero-order valence-corrected chi connectivity index (χ0v) is 11.9. The van der Waals surface area contributed by atoms with Crippen LogP contribution in [-0.2, 0) is 18.9 Å². The van der Waals surface area contributed by atoms with Gasteiger partial charge < -0.3 is 18.9 Å². The quantitative estimate of drug-likeness (QED) is 0.801. The smallest absolute Gasteiger partial charge is 0.181 e. The van der Waals surface area contributed by atoms with Crippen molar-refractivity contribution in [1.82, 2.24) is 0 Å². The molecule has 0 spiro atoms. The molecule has 4 heteroatoms. The van der Waals surface area contributed by atoms with Gasteiger partial charge >= 0.3 is 0 Å². The highest BCUT2D eigenvalue weighted by atomic mass is 16.7. The minimum Gasteiger partial charge on any atom is -0.380 e. The fourth-order valence-corrected chi connectivity index (χ4v) is 2.54. The summed E-state index contributed by atoms with van der Waals surface area (Å²) in [5, 5.41) is 0. The van der Waals surface area contributed by atoms with Crippen molar-refractivity contribution < 1.29 is 18.9 Å². The van der Waals surface area contributed by atoms with Crippen molar-refractivity contribution in [1.29, 1.82) is 0 Å². The fourth-order valence-electron chi connectivity index (χ4n) is 2.54. The van der Waals surface area contributed by atoms with Crippen LogP contribution in [0.3, 0.4) is 0 Å². The summed E-state index contributed by atoms with van der Waals surface area (Å²) in [5.74, 6) is 0. The van der Waals surface area contributed by atoms with Gasteiger partial charge in [0.05, 0.1) is 33.0 Å². The van der Waals surface area contributed by atoms with Crippen molar-refractivity contribution >= 4 is 0 Å². The molecule has 2 aliphatic heterocycles. The third-order valence-corrected chi connectivity index (χ3v) is 4.15. The van der Waals surface area contributed by atoms with E-state index in [4.69, 9.17) is 18.9 Å². The third-order valence-electron chi connectivity index (χ3n) is 4.15. The molecule has 1 aromatic rings. The Morgan fingerprint density at radius 1 is 1.25 bits per heavy atom. The van der Waals surface area contributed by atoms with Gasteiger partial charge in [-0.2, -0.15) is 0 Å². The van der Waals surface area contributed by atoms with Gasteiger partial charge in [-0.1, -0.05) is 37.3 Å². The zero-order chi connectivity index (χ0) is 13.8. The first-order chi connectivity index (χ1) is 9.81. The van der Waals surface area contributed by atoms with Gasteiger partial charge in [0, 0.05) is 5.41 Å². The average molecular weight is 278 g/mol. The van der Waals surface area contributed by atoms with Crippen molar-refractivity contribution in [2.45, 2.75) is 25.7 Å². The molecule has 0 N–H and O–H groups in total. The highest BCUT2D eigenvalue weighted by Gasteiger charge is 2.37. The second kappa shape index (κ2) is 6.22. The largest absolute Gasteiger partial charge is 0.380 e. The molecule has 2 fully saturated rings. The molecule has 3 rings (SSSR count). The number of ether oxygens (including phenoxy) is 4. The highest BCUT2D eigenvalue weighted by Crippen LogP contribution is 2.32. The van der Waals surface area contributed by atoms with E-state index >= 15 is 0 Å². The van der Waals surface area contributed by atoms with Crippen LogP contribution >= 0.6 is 0 Å². The first kappa shape index (κ1) is 14.0. The van der Waals surface area contributed by atoms with Crippen molar-refractivity contribution in [2.24, 2.45) is 5.41 Å². The summed E-state index contributed by atoms with van der Waals surface area (Å²) in [7, 11) is 0. The number of hydrogen-bond acceptors (Lipinski definition) is 4. The topological polar surface area (TPSA) is 36.9 Å².